The Balaban J connectivity index is 1.65. The van der Waals surface area contributed by atoms with Gasteiger partial charge in [0.15, 0.2) is 22.2 Å². The van der Waals surface area contributed by atoms with Crippen molar-refractivity contribution in [2.45, 2.75) is 56.2 Å². The summed E-state index contributed by atoms with van der Waals surface area (Å²) in [5.41, 5.74) is 2.60. The summed E-state index contributed by atoms with van der Waals surface area (Å²) in [6, 6.07) is 34.6. The van der Waals surface area contributed by atoms with Crippen LogP contribution in [0, 0.1) is 0 Å². The van der Waals surface area contributed by atoms with Gasteiger partial charge < -0.3 is 23.7 Å². The Kier molecular flexibility index (Phi) is 13.3. The van der Waals surface area contributed by atoms with E-state index in [2.05, 4.69) is 15.9 Å². The number of methoxy groups -OCH3 is 1. The largest absolute Gasteiger partial charge is 0.467 e. The fraction of sp³-hybridized carbons (Fsp3) is 0.286. The molecule has 45 heavy (non-hydrogen) atoms. The molecule has 0 aliphatic rings. The average Bonchev–Trinajstić information content (AvgIpc) is 3.07. The van der Waals surface area contributed by atoms with Gasteiger partial charge in [-0.15, -0.1) is 0 Å². The average molecular weight is 698 g/mol. The van der Waals surface area contributed by atoms with Crippen LogP contribution in [0.15, 0.2) is 125 Å². The van der Waals surface area contributed by atoms with Gasteiger partial charge in [-0.05, 0) is 47.9 Å². The topological polar surface area (TPSA) is 97.4 Å². The van der Waals surface area contributed by atoms with E-state index in [-0.39, 0.29) is 24.7 Å². The smallest absolute Gasteiger partial charge is 0.337 e. The lowest BCUT2D eigenvalue weighted by Crippen LogP contribution is -2.47. The lowest BCUT2D eigenvalue weighted by atomic mass is 10.2. The quantitative estimate of drug-likeness (QED) is 0.0910. The van der Waals surface area contributed by atoms with Crippen molar-refractivity contribution in [2.24, 2.45) is 0 Å². The summed E-state index contributed by atoms with van der Waals surface area (Å²) in [6.07, 6.45) is -4.53. The molecular weight excluding hydrogens is 660 g/mol. The Bertz CT molecular complexity index is 1510. The summed E-state index contributed by atoms with van der Waals surface area (Å²) in [7, 11) is -2.70. The van der Waals surface area contributed by atoms with Crippen molar-refractivity contribution in [1.29, 1.82) is 0 Å². The van der Waals surface area contributed by atoms with Crippen molar-refractivity contribution in [2.75, 3.05) is 12.9 Å². The second kappa shape index (κ2) is 17.4. The maximum atomic E-state index is 13.8. The van der Waals surface area contributed by atoms with Crippen molar-refractivity contribution in [1.82, 2.24) is 0 Å². The third-order valence-electron chi connectivity index (χ3n) is 6.91. The Morgan fingerprint density at radius 2 is 1.13 bits per heavy atom. The maximum absolute atomic E-state index is 13.8. The molecule has 0 fully saturated rings. The van der Waals surface area contributed by atoms with Crippen LogP contribution in [-0.4, -0.2) is 51.9 Å². The van der Waals surface area contributed by atoms with Crippen LogP contribution in [0.25, 0.3) is 0 Å². The van der Waals surface area contributed by atoms with Crippen LogP contribution in [0.1, 0.15) is 23.6 Å². The number of carbonyl (C=O) groups excluding carboxylic acids is 1. The number of sulfone groups is 1. The minimum absolute atomic E-state index is 0.0900. The molecule has 0 spiro atoms. The van der Waals surface area contributed by atoms with Crippen LogP contribution in [0.2, 0.25) is 0 Å². The number of hydrogen-bond donors (Lipinski definition) is 0. The van der Waals surface area contributed by atoms with Crippen molar-refractivity contribution in [3.63, 3.8) is 0 Å². The minimum atomic E-state index is -3.94. The molecular formula is C35H37BrO8S. The Morgan fingerprint density at radius 1 is 0.689 bits per heavy atom. The first-order chi connectivity index (χ1) is 21.7. The molecule has 0 aliphatic heterocycles. The first-order valence-corrected chi connectivity index (χ1v) is 16.9. The molecule has 4 rings (SSSR count). The van der Waals surface area contributed by atoms with E-state index in [1.54, 1.807) is 19.1 Å². The molecule has 4 aromatic carbocycles. The summed E-state index contributed by atoms with van der Waals surface area (Å²) in [5.74, 6) is -1.26. The van der Waals surface area contributed by atoms with E-state index in [1.807, 2.05) is 91.0 Å². The zero-order chi connectivity index (χ0) is 32.1. The van der Waals surface area contributed by atoms with Crippen LogP contribution in [-0.2, 0) is 58.1 Å². The van der Waals surface area contributed by atoms with Gasteiger partial charge in [-0.25, -0.2) is 13.2 Å². The summed E-state index contributed by atoms with van der Waals surface area (Å²) in [4.78, 5) is 13.2. The van der Waals surface area contributed by atoms with E-state index in [9.17, 15) is 13.2 Å². The third-order valence-corrected chi connectivity index (χ3v) is 9.20. The predicted octanol–water partition coefficient (Wildman–Crippen LogP) is 6.51. The molecule has 0 aliphatic carbocycles. The summed E-state index contributed by atoms with van der Waals surface area (Å²) < 4.78 is 58.1. The normalized spacial score (nSPS) is 13.7. The standard InChI is InChI=1S/C35H37BrO8S/c1-26(41-22-27-12-6-3-7-13-27)33(34(37)40-2)44-32(25-45(38,39)31-20-18-30(36)19-21-31)35(42-23-28-14-8-4-9-15-28)43-24-29-16-10-5-11-17-29/h3-21,26,32-33,35H,22-25H2,1-2H3. The van der Waals surface area contributed by atoms with Gasteiger partial charge in [-0.3, -0.25) is 0 Å². The van der Waals surface area contributed by atoms with Crippen LogP contribution in [0.5, 0.6) is 0 Å². The molecule has 0 bridgehead atoms. The van der Waals surface area contributed by atoms with Crippen LogP contribution in [0.4, 0.5) is 0 Å². The molecule has 238 valence electrons. The van der Waals surface area contributed by atoms with Gasteiger partial charge in [-0.1, -0.05) is 107 Å². The number of benzene rings is 4. The first kappa shape index (κ1) is 34.5. The molecule has 0 saturated heterocycles. The SMILES string of the molecule is COC(=O)C(OC(CS(=O)(=O)c1ccc(Br)cc1)C(OCc1ccccc1)OCc1ccccc1)C(C)OCc1ccccc1. The Hall–Kier alpha value is -3.38. The molecule has 0 aromatic heterocycles. The molecule has 10 heteroatoms. The van der Waals surface area contributed by atoms with Gasteiger partial charge in [-0.2, -0.15) is 0 Å². The monoisotopic (exact) mass is 696 g/mol. The van der Waals surface area contributed by atoms with Gasteiger partial charge >= 0.3 is 5.97 Å². The maximum Gasteiger partial charge on any atom is 0.337 e. The van der Waals surface area contributed by atoms with Crippen LogP contribution in [0.3, 0.4) is 0 Å². The summed E-state index contributed by atoms with van der Waals surface area (Å²) in [6.45, 7) is 2.11. The number of carbonyl (C=O) groups is 1. The van der Waals surface area contributed by atoms with E-state index >= 15 is 0 Å². The molecule has 0 heterocycles. The molecule has 0 saturated carbocycles. The second-order valence-corrected chi connectivity index (χ2v) is 13.3. The molecule has 0 N–H and O–H groups in total. The van der Waals surface area contributed by atoms with E-state index in [0.717, 1.165) is 21.2 Å². The zero-order valence-electron chi connectivity index (χ0n) is 25.2. The molecule has 8 nitrogen and oxygen atoms in total. The summed E-state index contributed by atoms with van der Waals surface area (Å²) >= 11 is 3.35. The molecule has 3 unspecified atom stereocenters. The number of halogens is 1. The van der Waals surface area contributed by atoms with E-state index in [4.69, 9.17) is 23.7 Å². The van der Waals surface area contributed by atoms with E-state index in [1.165, 1.54) is 19.2 Å². The Labute approximate surface area is 273 Å². The summed E-state index contributed by atoms with van der Waals surface area (Å²) in [5, 5.41) is 0. The molecule has 4 aromatic rings. The number of esters is 1. The minimum Gasteiger partial charge on any atom is -0.467 e. The lowest BCUT2D eigenvalue weighted by Gasteiger charge is -2.32. The lowest BCUT2D eigenvalue weighted by molar-refractivity contribution is -0.234. The van der Waals surface area contributed by atoms with Crippen molar-refractivity contribution >= 4 is 31.7 Å². The van der Waals surface area contributed by atoms with Gasteiger partial charge in [0.05, 0.1) is 43.7 Å². The molecule has 0 radical (unpaired) electrons. The highest BCUT2D eigenvalue weighted by molar-refractivity contribution is 9.10. The fourth-order valence-corrected chi connectivity index (χ4v) is 6.13. The number of hydrogen-bond acceptors (Lipinski definition) is 8. The van der Waals surface area contributed by atoms with E-state index < -0.39 is 46.2 Å². The van der Waals surface area contributed by atoms with Gasteiger partial charge in [0.1, 0.15) is 6.10 Å². The Morgan fingerprint density at radius 3 is 1.58 bits per heavy atom. The third kappa shape index (κ3) is 10.9. The van der Waals surface area contributed by atoms with Crippen molar-refractivity contribution in [3.05, 3.63) is 136 Å². The highest BCUT2D eigenvalue weighted by Gasteiger charge is 2.38. The van der Waals surface area contributed by atoms with Crippen LogP contribution < -0.4 is 0 Å². The molecule has 3 atom stereocenters. The highest BCUT2D eigenvalue weighted by atomic mass is 79.9. The number of ether oxygens (including phenoxy) is 5. The predicted molar refractivity (Wildman–Crippen MR) is 174 cm³/mol. The fourth-order valence-electron chi connectivity index (χ4n) is 4.46. The van der Waals surface area contributed by atoms with Gasteiger partial charge in [0, 0.05) is 4.47 Å². The first-order valence-electron chi connectivity index (χ1n) is 14.4. The van der Waals surface area contributed by atoms with Crippen molar-refractivity contribution in [3.8, 4) is 0 Å². The zero-order valence-corrected chi connectivity index (χ0v) is 27.6. The molecule has 0 amide bonds. The number of rotatable bonds is 17. The van der Waals surface area contributed by atoms with E-state index in [0.29, 0.717) is 0 Å². The second-order valence-electron chi connectivity index (χ2n) is 10.3. The van der Waals surface area contributed by atoms with Gasteiger partial charge in [0.25, 0.3) is 0 Å². The van der Waals surface area contributed by atoms with Crippen molar-refractivity contribution < 1.29 is 36.9 Å². The van der Waals surface area contributed by atoms with Gasteiger partial charge in [0.2, 0.25) is 0 Å². The van der Waals surface area contributed by atoms with Crippen LogP contribution >= 0.6 is 15.9 Å². The highest BCUT2D eigenvalue weighted by Crippen LogP contribution is 2.23.